The van der Waals surface area contributed by atoms with Crippen LogP contribution in [0.2, 0.25) is 0 Å². The van der Waals surface area contributed by atoms with Gasteiger partial charge in [0.1, 0.15) is 0 Å². The lowest BCUT2D eigenvalue weighted by Gasteiger charge is -2.29. The third-order valence-electron chi connectivity index (χ3n) is 5.25. The molecule has 1 aliphatic rings. The number of rotatable bonds is 7. The minimum atomic E-state index is -0.347. The highest BCUT2D eigenvalue weighted by molar-refractivity contribution is 6.22. The molecule has 0 saturated heterocycles. The lowest BCUT2D eigenvalue weighted by Crippen LogP contribution is -2.39. The number of carbonyl (C=O) groups excluding carboxylic acids is 3. The van der Waals surface area contributed by atoms with Crippen molar-refractivity contribution in [2.24, 2.45) is 11.1 Å². The van der Waals surface area contributed by atoms with E-state index in [0.29, 0.717) is 42.7 Å². The molecule has 1 aliphatic heterocycles. The minimum absolute atomic E-state index is 0.197. The molecule has 152 valence electrons. The first kappa shape index (κ1) is 20.7. The highest BCUT2D eigenvalue weighted by Crippen LogP contribution is 2.25. The van der Waals surface area contributed by atoms with Crippen molar-refractivity contribution in [3.8, 4) is 0 Å². The Labute approximate surface area is 171 Å². The first-order chi connectivity index (χ1) is 13.7. The van der Waals surface area contributed by atoms with E-state index in [1.807, 2.05) is 44.2 Å². The van der Waals surface area contributed by atoms with Crippen LogP contribution in [0.5, 0.6) is 0 Å². The quantitative estimate of drug-likeness (QED) is 0.733. The Bertz CT molecular complexity index is 938. The van der Waals surface area contributed by atoms with Crippen LogP contribution in [-0.2, 0) is 6.42 Å². The molecule has 0 aromatic heterocycles. The molecule has 2 N–H and O–H groups in total. The molecule has 0 radical (unpaired) electrons. The second-order valence-corrected chi connectivity index (χ2v) is 8.29. The molecule has 3 amide bonds. The van der Waals surface area contributed by atoms with E-state index in [4.69, 9.17) is 5.73 Å². The van der Waals surface area contributed by atoms with Crippen LogP contribution in [0.25, 0.3) is 0 Å². The van der Waals surface area contributed by atoms with Crippen molar-refractivity contribution < 1.29 is 14.4 Å². The monoisotopic (exact) mass is 393 g/mol. The van der Waals surface area contributed by atoms with E-state index in [1.54, 1.807) is 24.1 Å². The predicted octanol–water partition coefficient (Wildman–Crippen LogP) is 2.58. The first-order valence-corrected chi connectivity index (χ1v) is 9.73. The molecule has 0 atom stereocenters. The average molecular weight is 393 g/mol. The standard InChI is InChI=1S/C23H27N3O3/c1-23(2,14-24)15-25(3)20(27)17-9-10-18-19(13-17)22(29)26(21(18)28)12-11-16-7-5-4-6-8-16/h4-10,13H,11-12,14-15,24H2,1-3H3. The first-order valence-electron chi connectivity index (χ1n) is 9.73. The van der Waals surface area contributed by atoms with Crippen molar-refractivity contribution in [2.75, 3.05) is 26.7 Å². The van der Waals surface area contributed by atoms with E-state index in [1.165, 1.54) is 11.0 Å². The van der Waals surface area contributed by atoms with Gasteiger partial charge in [-0.3, -0.25) is 19.3 Å². The normalized spacial score (nSPS) is 13.6. The van der Waals surface area contributed by atoms with E-state index in [-0.39, 0.29) is 23.1 Å². The van der Waals surface area contributed by atoms with Crippen LogP contribution in [0.1, 0.15) is 50.5 Å². The Morgan fingerprint density at radius 2 is 1.69 bits per heavy atom. The summed E-state index contributed by atoms with van der Waals surface area (Å²) in [7, 11) is 1.71. The fourth-order valence-corrected chi connectivity index (χ4v) is 3.51. The van der Waals surface area contributed by atoms with Crippen LogP contribution in [0.4, 0.5) is 0 Å². The van der Waals surface area contributed by atoms with Crippen molar-refractivity contribution >= 4 is 17.7 Å². The van der Waals surface area contributed by atoms with Gasteiger partial charge in [0, 0.05) is 25.7 Å². The highest BCUT2D eigenvalue weighted by atomic mass is 16.2. The number of nitrogens with two attached hydrogens (primary N) is 1. The summed E-state index contributed by atoms with van der Waals surface area (Å²) in [6.45, 7) is 5.25. The third kappa shape index (κ3) is 4.38. The van der Waals surface area contributed by atoms with Gasteiger partial charge in [-0.05, 0) is 42.1 Å². The zero-order valence-electron chi connectivity index (χ0n) is 17.1. The largest absolute Gasteiger partial charge is 0.341 e. The molecule has 29 heavy (non-hydrogen) atoms. The van der Waals surface area contributed by atoms with Gasteiger partial charge in [-0.15, -0.1) is 0 Å². The summed E-state index contributed by atoms with van der Waals surface area (Å²) in [6.07, 6.45) is 0.592. The van der Waals surface area contributed by atoms with Crippen LogP contribution in [0, 0.1) is 5.41 Å². The topological polar surface area (TPSA) is 83.7 Å². The maximum atomic E-state index is 12.8. The maximum Gasteiger partial charge on any atom is 0.261 e. The van der Waals surface area contributed by atoms with Crippen LogP contribution in [-0.4, -0.2) is 54.2 Å². The molecule has 1 heterocycles. The van der Waals surface area contributed by atoms with Crippen molar-refractivity contribution in [3.05, 3.63) is 70.8 Å². The Morgan fingerprint density at radius 1 is 1.03 bits per heavy atom. The van der Waals surface area contributed by atoms with Crippen LogP contribution >= 0.6 is 0 Å². The van der Waals surface area contributed by atoms with Gasteiger partial charge in [0.15, 0.2) is 0 Å². The molecule has 3 rings (SSSR count). The van der Waals surface area contributed by atoms with Gasteiger partial charge in [0.05, 0.1) is 11.1 Å². The van der Waals surface area contributed by atoms with Gasteiger partial charge in [-0.2, -0.15) is 0 Å². The highest BCUT2D eigenvalue weighted by Gasteiger charge is 2.36. The molecular weight excluding hydrogens is 366 g/mol. The number of imide groups is 1. The predicted molar refractivity (Wildman–Crippen MR) is 112 cm³/mol. The lowest BCUT2D eigenvalue weighted by atomic mass is 9.93. The number of hydrogen-bond acceptors (Lipinski definition) is 4. The van der Waals surface area contributed by atoms with E-state index in [2.05, 4.69) is 0 Å². The van der Waals surface area contributed by atoms with Crippen molar-refractivity contribution in [1.82, 2.24) is 9.80 Å². The van der Waals surface area contributed by atoms with Gasteiger partial charge < -0.3 is 10.6 Å². The molecule has 2 aromatic rings. The summed E-state index contributed by atoms with van der Waals surface area (Å²) in [4.78, 5) is 41.1. The van der Waals surface area contributed by atoms with E-state index in [0.717, 1.165) is 5.56 Å². The van der Waals surface area contributed by atoms with Crippen LogP contribution in [0.3, 0.4) is 0 Å². The molecule has 0 bridgehead atoms. The number of fused-ring (bicyclic) bond motifs is 1. The summed E-state index contributed by atoms with van der Waals surface area (Å²) < 4.78 is 0. The summed E-state index contributed by atoms with van der Waals surface area (Å²) >= 11 is 0. The van der Waals surface area contributed by atoms with Crippen LogP contribution in [0.15, 0.2) is 48.5 Å². The van der Waals surface area contributed by atoms with E-state index >= 15 is 0 Å². The SMILES string of the molecule is CN(CC(C)(C)CN)C(=O)c1ccc2c(c1)C(=O)N(CCc1ccccc1)C2=O. The second-order valence-electron chi connectivity index (χ2n) is 8.29. The number of amides is 3. The van der Waals surface area contributed by atoms with E-state index < -0.39 is 0 Å². The van der Waals surface area contributed by atoms with Gasteiger partial charge in [-0.1, -0.05) is 44.2 Å². The zero-order valence-corrected chi connectivity index (χ0v) is 17.1. The Kier molecular flexibility index (Phi) is 5.84. The van der Waals surface area contributed by atoms with Crippen molar-refractivity contribution in [1.29, 1.82) is 0 Å². The third-order valence-corrected chi connectivity index (χ3v) is 5.25. The number of nitrogens with zero attached hydrogens (tertiary/aromatic N) is 2. The molecule has 0 spiro atoms. The fraction of sp³-hybridized carbons (Fsp3) is 0.348. The molecule has 0 unspecified atom stereocenters. The van der Waals surface area contributed by atoms with Gasteiger partial charge in [0.25, 0.3) is 17.7 Å². The lowest BCUT2D eigenvalue weighted by molar-refractivity contribution is 0.0655. The Morgan fingerprint density at radius 3 is 2.34 bits per heavy atom. The Balaban J connectivity index is 1.75. The molecule has 6 heteroatoms. The second kappa shape index (κ2) is 8.17. The summed E-state index contributed by atoms with van der Waals surface area (Å²) in [5, 5.41) is 0. The van der Waals surface area contributed by atoms with Crippen molar-refractivity contribution in [3.63, 3.8) is 0 Å². The molecular formula is C23H27N3O3. The molecule has 6 nitrogen and oxygen atoms in total. The number of benzene rings is 2. The summed E-state index contributed by atoms with van der Waals surface area (Å²) in [6, 6.07) is 14.4. The van der Waals surface area contributed by atoms with Crippen LogP contribution < -0.4 is 5.73 Å². The molecule has 0 aliphatic carbocycles. The van der Waals surface area contributed by atoms with Gasteiger partial charge in [0.2, 0.25) is 0 Å². The fourth-order valence-electron chi connectivity index (χ4n) is 3.51. The summed E-state index contributed by atoms with van der Waals surface area (Å²) in [5.41, 5.74) is 7.65. The maximum absolute atomic E-state index is 12.8. The van der Waals surface area contributed by atoms with E-state index in [9.17, 15) is 14.4 Å². The minimum Gasteiger partial charge on any atom is -0.341 e. The smallest absolute Gasteiger partial charge is 0.261 e. The van der Waals surface area contributed by atoms with Crippen molar-refractivity contribution in [2.45, 2.75) is 20.3 Å². The number of carbonyl (C=O) groups is 3. The Hall–Kier alpha value is -2.99. The number of hydrogen-bond donors (Lipinski definition) is 1. The molecule has 0 saturated carbocycles. The average Bonchev–Trinajstić information content (AvgIpc) is 2.96. The molecule has 2 aromatic carbocycles. The zero-order chi connectivity index (χ0) is 21.2. The molecule has 0 fully saturated rings. The summed E-state index contributed by atoms with van der Waals surface area (Å²) in [5.74, 6) is -0.851. The van der Waals surface area contributed by atoms with Gasteiger partial charge in [-0.25, -0.2) is 0 Å². The van der Waals surface area contributed by atoms with Gasteiger partial charge >= 0.3 is 0 Å².